The van der Waals surface area contributed by atoms with Crippen LogP contribution in [0.25, 0.3) is 0 Å². The largest absolute Gasteiger partial charge is 0.467 e. The van der Waals surface area contributed by atoms with Crippen LogP contribution in [0.4, 0.5) is 4.79 Å². The van der Waals surface area contributed by atoms with Gasteiger partial charge in [-0.1, -0.05) is 30.3 Å². The van der Waals surface area contributed by atoms with E-state index in [1.54, 1.807) is 24.3 Å². The van der Waals surface area contributed by atoms with Gasteiger partial charge in [-0.2, -0.15) is 0 Å². The molecule has 9 nitrogen and oxygen atoms in total. The van der Waals surface area contributed by atoms with Gasteiger partial charge in [-0.15, -0.1) is 0 Å². The zero-order valence-corrected chi connectivity index (χ0v) is 14.0. The molecule has 0 saturated carbocycles. The Morgan fingerprint density at radius 1 is 1.16 bits per heavy atom. The molecule has 0 unspecified atom stereocenters. The van der Waals surface area contributed by atoms with Crippen LogP contribution in [0.15, 0.2) is 30.3 Å². The molecule has 138 valence electrons. The van der Waals surface area contributed by atoms with Crippen molar-refractivity contribution in [3.8, 4) is 0 Å². The molecule has 4 N–H and O–H groups in total. The third-order valence-electron chi connectivity index (χ3n) is 3.24. The van der Waals surface area contributed by atoms with Gasteiger partial charge in [0.15, 0.2) is 6.04 Å². The molecule has 25 heavy (non-hydrogen) atoms. The predicted octanol–water partition coefficient (Wildman–Crippen LogP) is -0.688. The van der Waals surface area contributed by atoms with Crippen LogP contribution in [-0.4, -0.2) is 60.1 Å². The van der Waals surface area contributed by atoms with Gasteiger partial charge in [0, 0.05) is 0 Å². The van der Waals surface area contributed by atoms with E-state index in [-0.39, 0.29) is 6.61 Å². The maximum atomic E-state index is 12.1. The Labute approximate surface area is 144 Å². The molecule has 0 spiro atoms. The minimum absolute atomic E-state index is 0.0117. The maximum Gasteiger partial charge on any atom is 0.408 e. The smallest absolute Gasteiger partial charge is 0.408 e. The van der Waals surface area contributed by atoms with Crippen LogP contribution in [0.3, 0.4) is 0 Å². The molecule has 2 amide bonds. The maximum absolute atomic E-state index is 12.1. The number of nitrogens with one attached hydrogen (secondary N) is 2. The van der Waals surface area contributed by atoms with Crippen molar-refractivity contribution in [3.05, 3.63) is 35.9 Å². The number of ether oxygens (including phenoxy) is 2. The highest BCUT2D eigenvalue weighted by atomic mass is 16.5. The lowest BCUT2D eigenvalue weighted by Crippen LogP contribution is -2.56. The monoisotopic (exact) mass is 354 g/mol. The van der Waals surface area contributed by atoms with Crippen molar-refractivity contribution in [2.75, 3.05) is 13.7 Å². The number of esters is 1. The first-order valence-corrected chi connectivity index (χ1v) is 7.53. The molecule has 0 heterocycles. The quantitative estimate of drug-likeness (QED) is 0.454. The van der Waals surface area contributed by atoms with E-state index in [1.807, 2.05) is 6.07 Å². The first kappa shape index (κ1) is 20.4. The second kappa shape index (κ2) is 10.3. The average Bonchev–Trinajstić information content (AvgIpc) is 2.62. The molecular formula is C16H22N2O7. The first-order valence-electron chi connectivity index (χ1n) is 7.53. The van der Waals surface area contributed by atoms with E-state index < -0.39 is 42.8 Å². The van der Waals surface area contributed by atoms with Crippen molar-refractivity contribution in [1.29, 1.82) is 0 Å². The third-order valence-corrected chi connectivity index (χ3v) is 3.24. The summed E-state index contributed by atoms with van der Waals surface area (Å²) >= 11 is 0. The van der Waals surface area contributed by atoms with Crippen molar-refractivity contribution < 1.29 is 34.1 Å². The molecule has 3 atom stereocenters. The normalized spacial score (nSPS) is 13.9. The molecule has 0 saturated heterocycles. The number of aliphatic hydroxyl groups is 2. The summed E-state index contributed by atoms with van der Waals surface area (Å²) in [6, 6.07) is 6.22. The van der Waals surface area contributed by atoms with Crippen LogP contribution >= 0.6 is 0 Å². The van der Waals surface area contributed by atoms with Crippen molar-refractivity contribution in [1.82, 2.24) is 10.6 Å². The van der Waals surface area contributed by atoms with E-state index in [0.717, 1.165) is 12.7 Å². The Morgan fingerprint density at radius 3 is 2.32 bits per heavy atom. The topological polar surface area (TPSA) is 134 Å². The van der Waals surface area contributed by atoms with Crippen LogP contribution < -0.4 is 10.6 Å². The van der Waals surface area contributed by atoms with Gasteiger partial charge in [0.2, 0.25) is 5.91 Å². The molecular weight excluding hydrogens is 332 g/mol. The van der Waals surface area contributed by atoms with Gasteiger partial charge in [-0.05, 0) is 12.5 Å². The number of alkyl carbamates (subject to hydrolysis) is 1. The zero-order chi connectivity index (χ0) is 18.8. The van der Waals surface area contributed by atoms with E-state index in [2.05, 4.69) is 15.4 Å². The van der Waals surface area contributed by atoms with E-state index >= 15 is 0 Å². The minimum Gasteiger partial charge on any atom is -0.467 e. The highest BCUT2D eigenvalue weighted by molar-refractivity contribution is 5.90. The fourth-order valence-corrected chi connectivity index (χ4v) is 1.88. The van der Waals surface area contributed by atoms with E-state index in [1.165, 1.54) is 6.92 Å². The number of benzene rings is 1. The molecule has 1 rings (SSSR count). The van der Waals surface area contributed by atoms with Gasteiger partial charge in [0.1, 0.15) is 12.6 Å². The van der Waals surface area contributed by atoms with Gasteiger partial charge in [-0.3, -0.25) is 4.79 Å². The number of amides is 2. The Kier molecular flexibility index (Phi) is 8.37. The van der Waals surface area contributed by atoms with Crippen molar-refractivity contribution in [3.63, 3.8) is 0 Å². The van der Waals surface area contributed by atoms with Crippen LogP contribution in [0.2, 0.25) is 0 Å². The van der Waals surface area contributed by atoms with Crippen molar-refractivity contribution in [2.24, 2.45) is 0 Å². The minimum atomic E-state index is -1.37. The van der Waals surface area contributed by atoms with Gasteiger partial charge >= 0.3 is 12.1 Å². The Bertz CT molecular complexity index is 577. The van der Waals surface area contributed by atoms with Gasteiger partial charge < -0.3 is 30.3 Å². The van der Waals surface area contributed by atoms with Crippen LogP contribution in [-0.2, 0) is 25.7 Å². The molecule has 0 fully saturated rings. The number of hydrogen-bond acceptors (Lipinski definition) is 7. The lowest BCUT2D eigenvalue weighted by atomic mass is 10.1. The second-order valence-electron chi connectivity index (χ2n) is 5.19. The summed E-state index contributed by atoms with van der Waals surface area (Å²) in [5.74, 6) is -1.72. The van der Waals surface area contributed by atoms with Crippen molar-refractivity contribution >= 4 is 18.0 Å². The van der Waals surface area contributed by atoms with Crippen molar-refractivity contribution in [2.45, 2.75) is 31.7 Å². The third kappa shape index (κ3) is 6.77. The SMILES string of the molecule is COC(=O)[C@H](CO)NC(=O)[C@H](NC(=O)OCc1ccccc1)[C@@H](C)O. The molecule has 0 aliphatic heterocycles. The second-order valence-corrected chi connectivity index (χ2v) is 5.19. The molecule has 0 aliphatic rings. The van der Waals surface area contributed by atoms with E-state index in [0.29, 0.717) is 0 Å². The summed E-state index contributed by atoms with van der Waals surface area (Å²) in [6.07, 6.45) is -2.18. The average molecular weight is 354 g/mol. The molecule has 1 aromatic carbocycles. The van der Waals surface area contributed by atoms with E-state index in [4.69, 9.17) is 9.84 Å². The van der Waals surface area contributed by atoms with Crippen LogP contribution in [0, 0.1) is 0 Å². The number of hydrogen-bond donors (Lipinski definition) is 4. The number of methoxy groups -OCH3 is 1. The summed E-state index contributed by atoms with van der Waals surface area (Å²) in [4.78, 5) is 35.3. The molecule has 0 bridgehead atoms. The molecule has 0 radical (unpaired) electrons. The number of aliphatic hydroxyl groups excluding tert-OH is 2. The fraction of sp³-hybridized carbons (Fsp3) is 0.438. The first-order chi connectivity index (χ1) is 11.9. The molecule has 9 heteroatoms. The standard InChI is InChI=1S/C16H22N2O7/c1-10(20)13(14(21)17-12(8-19)15(22)24-2)18-16(23)25-9-11-6-4-3-5-7-11/h3-7,10,12-13,19-20H,8-9H2,1-2H3,(H,17,21)(H,18,23)/t10-,12+,13-/m1/s1. The van der Waals surface area contributed by atoms with Crippen LogP contribution in [0.5, 0.6) is 0 Å². The number of carbonyl (C=O) groups excluding carboxylic acids is 3. The lowest BCUT2D eigenvalue weighted by Gasteiger charge is -2.22. The molecule has 0 aliphatic carbocycles. The molecule has 0 aromatic heterocycles. The fourth-order valence-electron chi connectivity index (χ4n) is 1.88. The summed E-state index contributed by atoms with van der Waals surface area (Å²) in [5.41, 5.74) is 0.752. The molecule has 1 aromatic rings. The highest BCUT2D eigenvalue weighted by Crippen LogP contribution is 2.02. The Hall–Kier alpha value is -2.65. The predicted molar refractivity (Wildman–Crippen MR) is 86.3 cm³/mol. The van der Waals surface area contributed by atoms with Gasteiger partial charge in [-0.25, -0.2) is 9.59 Å². The summed E-state index contributed by atoms with van der Waals surface area (Å²) in [7, 11) is 1.10. The van der Waals surface area contributed by atoms with E-state index in [9.17, 15) is 19.5 Å². The lowest BCUT2D eigenvalue weighted by molar-refractivity contribution is -0.146. The zero-order valence-electron chi connectivity index (χ0n) is 14.0. The van der Waals surface area contributed by atoms with Gasteiger partial charge in [0.05, 0.1) is 19.8 Å². The number of rotatable bonds is 8. The highest BCUT2D eigenvalue weighted by Gasteiger charge is 2.30. The summed E-state index contributed by atoms with van der Waals surface area (Å²) < 4.78 is 9.40. The Morgan fingerprint density at radius 2 is 1.80 bits per heavy atom. The van der Waals surface area contributed by atoms with Crippen LogP contribution in [0.1, 0.15) is 12.5 Å². The summed E-state index contributed by atoms with van der Waals surface area (Å²) in [6.45, 7) is 0.583. The van der Waals surface area contributed by atoms with Gasteiger partial charge in [0.25, 0.3) is 0 Å². The summed E-state index contributed by atoms with van der Waals surface area (Å²) in [5, 5.41) is 23.2. The Balaban J connectivity index is 2.61. The number of carbonyl (C=O) groups is 3.